The van der Waals surface area contributed by atoms with Crippen molar-refractivity contribution in [2.24, 2.45) is 0 Å². The van der Waals surface area contributed by atoms with Crippen LogP contribution < -0.4 is 4.74 Å². The average molecular weight is 298 g/mol. The van der Waals surface area contributed by atoms with E-state index in [2.05, 4.69) is 12.1 Å². The van der Waals surface area contributed by atoms with E-state index in [-0.39, 0.29) is 12.2 Å². The van der Waals surface area contributed by atoms with Crippen LogP contribution in [0.15, 0.2) is 54.6 Å². The van der Waals surface area contributed by atoms with E-state index in [4.69, 9.17) is 9.47 Å². The van der Waals surface area contributed by atoms with E-state index >= 15 is 0 Å². The van der Waals surface area contributed by atoms with Crippen LogP contribution in [-0.2, 0) is 4.74 Å². The Hall–Kier alpha value is -1.84. The monoisotopic (exact) mass is 298 g/mol. The zero-order valence-corrected chi connectivity index (χ0v) is 12.8. The Labute approximate surface area is 131 Å². The van der Waals surface area contributed by atoms with Gasteiger partial charge in [0.15, 0.2) is 0 Å². The molecule has 0 aromatic heterocycles. The first-order valence-electron chi connectivity index (χ1n) is 7.81. The lowest BCUT2D eigenvalue weighted by atomic mass is 9.92. The zero-order valence-electron chi connectivity index (χ0n) is 12.8. The van der Waals surface area contributed by atoms with Crippen LogP contribution in [0.3, 0.4) is 0 Å². The third-order valence-electron chi connectivity index (χ3n) is 4.29. The smallest absolute Gasteiger partial charge is 0.127 e. The van der Waals surface area contributed by atoms with Gasteiger partial charge in [0.1, 0.15) is 18.0 Å². The highest BCUT2D eigenvalue weighted by Gasteiger charge is 2.33. The number of ether oxygens (including phenoxy) is 2. The summed E-state index contributed by atoms with van der Waals surface area (Å²) in [5, 5.41) is 10.3. The highest BCUT2D eigenvalue weighted by molar-refractivity contribution is 5.63. The zero-order chi connectivity index (χ0) is 15.4. The maximum Gasteiger partial charge on any atom is 0.127 e. The number of benzene rings is 2. The minimum Gasteiger partial charge on any atom is -0.488 e. The quantitative estimate of drug-likeness (QED) is 0.936. The second-order valence-electron chi connectivity index (χ2n) is 5.74. The lowest BCUT2D eigenvalue weighted by Gasteiger charge is -2.33. The van der Waals surface area contributed by atoms with Crippen LogP contribution in [-0.4, -0.2) is 30.5 Å². The van der Waals surface area contributed by atoms with Crippen molar-refractivity contribution in [1.29, 1.82) is 0 Å². The fourth-order valence-corrected chi connectivity index (χ4v) is 3.02. The molecule has 3 nitrogen and oxygen atoms in total. The Balaban J connectivity index is 1.68. The van der Waals surface area contributed by atoms with Crippen LogP contribution in [0.5, 0.6) is 5.75 Å². The Bertz CT molecular complexity index is 579. The second kappa shape index (κ2) is 6.95. The number of rotatable bonds is 4. The van der Waals surface area contributed by atoms with Crippen LogP contribution in [0.1, 0.15) is 19.3 Å². The molecule has 116 valence electrons. The Morgan fingerprint density at radius 2 is 1.50 bits per heavy atom. The Kier molecular flexibility index (Phi) is 4.76. The van der Waals surface area contributed by atoms with Crippen molar-refractivity contribution in [1.82, 2.24) is 0 Å². The van der Waals surface area contributed by atoms with Gasteiger partial charge in [0.25, 0.3) is 0 Å². The van der Waals surface area contributed by atoms with Gasteiger partial charge in [-0.3, -0.25) is 0 Å². The van der Waals surface area contributed by atoms with Crippen molar-refractivity contribution in [3.63, 3.8) is 0 Å². The van der Waals surface area contributed by atoms with E-state index < -0.39 is 6.10 Å². The van der Waals surface area contributed by atoms with Gasteiger partial charge in [-0.25, -0.2) is 0 Å². The molecule has 0 bridgehead atoms. The number of hydrogen-bond acceptors (Lipinski definition) is 3. The van der Waals surface area contributed by atoms with Gasteiger partial charge in [-0.2, -0.15) is 0 Å². The maximum absolute atomic E-state index is 10.3. The topological polar surface area (TPSA) is 38.7 Å². The molecule has 2 aromatic rings. The molecule has 0 amide bonds. The summed E-state index contributed by atoms with van der Waals surface area (Å²) in [7, 11) is 1.64. The number of hydrogen-bond donors (Lipinski definition) is 1. The second-order valence-corrected chi connectivity index (χ2v) is 5.74. The van der Waals surface area contributed by atoms with E-state index in [9.17, 15) is 5.11 Å². The molecule has 1 N–H and O–H groups in total. The molecule has 0 heterocycles. The number of aliphatic hydroxyl groups is 1. The SMILES string of the molecule is COC1CCCC(Oc2ccc(-c3ccccc3)cc2)C1O. The molecule has 22 heavy (non-hydrogen) atoms. The van der Waals surface area contributed by atoms with E-state index in [1.807, 2.05) is 42.5 Å². The normalized spacial score (nSPS) is 24.9. The Morgan fingerprint density at radius 3 is 2.18 bits per heavy atom. The van der Waals surface area contributed by atoms with Crippen LogP contribution in [0, 0.1) is 0 Å². The van der Waals surface area contributed by atoms with Gasteiger partial charge in [-0.05, 0) is 42.5 Å². The summed E-state index contributed by atoms with van der Waals surface area (Å²) in [5.41, 5.74) is 2.35. The molecule has 0 radical (unpaired) electrons. The van der Waals surface area contributed by atoms with Crippen molar-refractivity contribution < 1.29 is 14.6 Å². The molecular formula is C19H22O3. The molecule has 1 aliphatic rings. The standard InChI is InChI=1S/C19H22O3/c1-21-17-8-5-9-18(19(17)20)22-16-12-10-15(11-13-16)14-6-3-2-4-7-14/h2-4,6-7,10-13,17-20H,5,8-9H2,1H3. The molecule has 0 aliphatic heterocycles. The van der Waals surface area contributed by atoms with Gasteiger partial charge in [0, 0.05) is 7.11 Å². The first-order valence-corrected chi connectivity index (χ1v) is 7.81. The molecule has 3 unspecified atom stereocenters. The maximum atomic E-state index is 10.3. The molecule has 0 spiro atoms. The van der Waals surface area contributed by atoms with Gasteiger partial charge in [-0.15, -0.1) is 0 Å². The molecule has 2 aromatic carbocycles. The van der Waals surface area contributed by atoms with Gasteiger partial charge >= 0.3 is 0 Å². The molecule has 1 aliphatic carbocycles. The molecule has 3 heteroatoms. The molecular weight excluding hydrogens is 276 g/mol. The van der Waals surface area contributed by atoms with Gasteiger partial charge in [0.2, 0.25) is 0 Å². The van der Waals surface area contributed by atoms with Crippen molar-refractivity contribution in [2.45, 2.75) is 37.6 Å². The predicted molar refractivity (Wildman–Crippen MR) is 86.9 cm³/mol. The fraction of sp³-hybridized carbons (Fsp3) is 0.368. The van der Waals surface area contributed by atoms with Crippen molar-refractivity contribution in [2.75, 3.05) is 7.11 Å². The van der Waals surface area contributed by atoms with Crippen LogP contribution >= 0.6 is 0 Å². The van der Waals surface area contributed by atoms with Gasteiger partial charge in [0.05, 0.1) is 6.10 Å². The summed E-state index contributed by atoms with van der Waals surface area (Å²) in [6, 6.07) is 18.3. The third-order valence-corrected chi connectivity index (χ3v) is 4.29. The van der Waals surface area contributed by atoms with Gasteiger partial charge < -0.3 is 14.6 Å². The van der Waals surface area contributed by atoms with E-state index in [0.29, 0.717) is 0 Å². The van der Waals surface area contributed by atoms with Crippen LogP contribution in [0.4, 0.5) is 0 Å². The lowest BCUT2D eigenvalue weighted by molar-refractivity contribution is -0.0907. The molecule has 3 atom stereocenters. The van der Waals surface area contributed by atoms with E-state index in [0.717, 1.165) is 30.6 Å². The molecule has 1 fully saturated rings. The third kappa shape index (κ3) is 3.32. The molecule has 0 saturated heterocycles. The predicted octanol–water partition coefficient (Wildman–Crippen LogP) is 3.66. The van der Waals surface area contributed by atoms with Crippen LogP contribution in [0.2, 0.25) is 0 Å². The highest BCUT2D eigenvalue weighted by Crippen LogP contribution is 2.27. The summed E-state index contributed by atoms with van der Waals surface area (Å²) in [5.74, 6) is 0.792. The van der Waals surface area contributed by atoms with Gasteiger partial charge in [-0.1, -0.05) is 42.5 Å². The molecule has 1 saturated carbocycles. The summed E-state index contributed by atoms with van der Waals surface area (Å²) >= 11 is 0. The summed E-state index contributed by atoms with van der Waals surface area (Å²) < 4.78 is 11.3. The minimum absolute atomic E-state index is 0.123. The first-order chi connectivity index (χ1) is 10.8. The lowest BCUT2D eigenvalue weighted by Crippen LogP contribution is -2.45. The number of aliphatic hydroxyl groups excluding tert-OH is 1. The molecule has 3 rings (SSSR count). The minimum atomic E-state index is -0.562. The van der Waals surface area contributed by atoms with Crippen LogP contribution in [0.25, 0.3) is 11.1 Å². The Morgan fingerprint density at radius 1 is 0.864 bits per heavy atom. The van der Waals surface area contributed by atoms with Crippen molar-refractivity contribution in [3.8, 4) is 16.9 Å². The van der Waals surface area contributed by atoms with Crippen molar-refractivity contribution >= 4 is 0 Å². The fourth-order valence-electron chi connectivity index (χ4n) is 3.02. The van der Waals surface area contributed by atoms with E-state index in [1.54, 1.807) is 7.11 Å². The number of methoxy groups -OCH3 is 1. The summed E-state index contributed by atoms with van der Waals surface area (Å²) in [4.78, 5) is 0. The average Bonchev–Trinajstić information content (AvgIpc) is 2.58. The first kappa shape index (κ1) is 15.1. The summed E-state index contributed by atoms with van der Waals surface area (Å²) in [6.07, 6.45) is 1.89. The highest BCUT2D eigenvalue weighted by atomic mass is 16.5. The van der Waals surface area contributed by atoms with Crippen molar-refractivity contribution in [3.05, 3.63) is 54.6 Å². The summed E-state index contributed by atoms with van der Waals surface area (Å²) in [6.45, 7) is 0. The largest absolute Gasteiger partial charge is 0.488 e. The van der Waals surface area contributed by atoms with E-state index in [1.165, 1.54) is 5.56 Å².